The van der Waals surface area contributed by atoms with Crippen molar-refractivity contribution in [1.82, 2.24) is 0 Å². The number of rotatable bonds is 10. The molecule has 6 aromatic carbocycles. The molecule has 6 rings (SSSR count). The largest absolute Gasteiger partial charge is 0.0984 e. The molecule has 0 aliphatic heterocycles. The van der Waals surface area contributed by atoms with Gasteiger partial charge in [0.05, 0.1) is 0 Å². The summed E-state index contributed by atoms with van der Waals surface area (Å²) in [5.74, 6) is 0. The minimum atomic E-state index is 0.967. The lowest BCUT2D eigenvalue weighted by atomic mass is 9.82. The Hall–Kier alpha value is -5.98. The second-order valence-electron chi connectivity index (χ2n) is 11.9. The molecule has 0 N–H and O–H groups in total. The van der Waals surface area contributed by atoms with Gasteiger partial charge in [-0.1, -0.05) is 195 Å². The summed E-state index contributed by atoms with van der Waals surface area (Å²) in [7, 11) is 0. The summed E-state index contributed by atoms with van der Waals surface area (Å²) in [6, 6.07) is 62.0. The van der Waals surface area contributed by atoms with E-state index >= 15 is 0 Å². The zero-order chi connectivity index (χ0) is 33.3. The molecule has 0 bridgehead atoms. The molecule has 0 radical (unpaired) electrons. The quantitative estimate of drug-likeness (QED) is 0.106. The summed E-state index contributed by atoms with van der Waals surface area (Å²) in [6.07, 6.45) is 1.96. The molecule has 0 heteroatoms. The van der Waals surface area contributed by atoms with Crippen LogP contribution in [0.3, 0.4) is 0 Å². The first kappa shape index (κ1) is 32.0. The molecule has 0 aromatic heterocycles. The second kappa shape index (κ2) is 15.1. The molecule has 0 spiro atoms. The van der Waals surface area contributed by atoms with Crippen LogP contribution < -0.4 is 0 Å². The van der Waals surface area contributed by atoms with Crippen LogP contribution in [0.2, 0.25) is 0 Å². The number of allylic oxidation sites excluding steroid dienone is 8. The Morgan fingerprint density at radius 2 is 0.646 bits per heavy atom. The Morgan fingerprint density at radius 1 is 0.354 bits per heavy atom. The average molecular weight is 617 g/mol. The Bertz CT molecular complexity index is 2090. The predicted molar refractivity (Wildman–Crippen MR) is 210 cm³/mol. The van der Waals surface area contributed by atoms with Crippen LogP contribution in [0.5, 0.6) is 0 Å². The SMILES string of the molecule is C=C/C(=C(\C(=C)c1ccccc1)c1ccccc1)c1ccc(C(=C(/C)c2ccccc2)/C(=C(\C)c2ccccc2)c2ccccc2)cc1. The summed E-state index contributed by atoms with van der Waals surface area (Å²) in [5, 5.41) is 0. The van der Waals surface area contributed by atoms with E-state index in [1.807, 2.05) is 18.2 Å². The fourth-order valence-electron chi connectivity index (χ4n) is 6.43. The molecule has 0 atom stereocenters. The summed E-state index contributed by atoms with van der Waals surface area (Å²) in [4.78, 5) is 0. The molecule has 0 saturated heterocycles. The van der Waals surface area contributed by atoms with E-state index in [1.54, 1.807) is 0 Å². The van der Waals surface area contributed by atoms with Crippen molar-refractivity contribution in [3.63, 3.8) is 0 Å². The Kier molecular flexibility index (Phi) is 10.0. The molecule has 0 nitrogen and oxygen atoms in total. The van der Waals surface area contributed by atoms with Crippen molar-refractivity contribution in [3.8, 4) is 0 Å². The molecule has 0 heterocycles. The lowest BCUT2D eigenvalue weighted by Gasteiger charge is -2.22. The second-order valence-corrected chi connectivity index (χ2v) is 11.9. The van der Waals surface area contributed by atoms with Gasteiger partial charge in [-0.15, -0.1) is 0 Å². The van der Waals surface area contributed by atoms with Gasteiger partial charge in [0.25, 0.3) is 0 Å². The van der Waals surface area contributed by atoms with Crippen molar-refractivity contribution < 1.29 is 0 Å². The monoisotopic (exact) mass is 616 g/mol. The fraction of sp³-hybridized carbons (Fsp3) is 0.0417. The van der Waals surface area contributed by atoms with Crippen LogP contribution in [-0.4, -0.2) is 0 Å². The van der Waals surface area contributed by atoms with E-state index in [0.29, 0.717) is 0 Å². The van der Waals surface area contributed by atoms with Crippen molar-refractivity contribution in [2.24, 2.45) is 0 Å². The lowest BCUT2D eigenvalue weighted by molar-refractivity contribution is 1.50. The summed E-state index contributed by atoms with van der Waals surface area (Å²) in [5.41, 5.74) is 16.0. The summed E-state index contributed by atoms with van der Waals surface area (Å²) in [6.45, 7) is 13.4. The Balaban J connectivity index is 1.57. The van der Waals surface area contributed by atoms with Gasteiger partial charge in [-0.05, 0) is 91.8 Å². The normalized spacial score (nSPS) is 12.7. The van der Waals surface area contributed by atoms with Gasteiger partial charge in [0.15, 0.2) is 0 Å². The highest BCUT2D eigenvalue weighted by Gasteiger charge is 2.20. The van der Waals surface area contributed by atoms with Crippen molar-refractivity contribution >= 4 is 39.0 Å². The first-order valence-corrected chi connectivity index (χ1v) is 16.4. The lowest BCUT2D eigenvalue weighted by Crippen LogP contribution is -1.99. The first-order valence-electron chi connectivity index (χ1n) is 16.4. The maximum absolute atomic E-state index is 4.58. The maximum Gasteiger partial charge on any atom is -0.00330 e. The molecule has 0 saturated carbocycles. The van der Waals surface area contributed by atoms with Crippen LogP contribution in [0.1, 0.15) is 52.8 Å². The standard InChI is InChI=1S/C48H40/c1-5-45(46(42-27-17-9-18-28-42)35(2)38-21-11-6-12-22-38)41-31-33-44(34-32-41)48(37(4)40-25-15-8-16-26-40)47(43-29-19-10-20-30-43)36(3)39-23-13-7-14-24-39/h5-34H,1-2H2,3-4H3/b46-45-,47-36+,48-37+. The molecular formula is C48H40. The van der Waals surface area contributed by atoms with E-state index < -0.39 is 0 Å². The van der Waals surface area contributed by atoms with E-state index in [9.17, 15) is 0 Å². The maximum atomic E-state index is 4.58. The average Bonchev–Trinajstić information content (AvgIpc) is 3.17. The molecule has 6 aromatic rings. The smallest absolute Gasteiger partial charge is 0.00330 e. The Morgan fingerprint density at radius 3 is 1.02 bits per heavy atom. The molecule has 0 aliphatic carbocycles. The van der Waals surface area contributed by atoms with Gasteiger partial charge in [-0.2, -0.15) is 0 Å². The highest BCUT2D eigenvalue weighted by atomic mass is 14.2. The van der Waals surface area contributed by atoms with Gasteiger partial charge in [0.1, 0.15) is 0 Å². The Labute approximate surface area is 286 Å². The molecular weight excluding hydrogens is 577 g/mol. The van der Waals surface area contributed by atoms with Crippen molar-refractivity contribution in [2.45, 2.75) is 13.8 Å². The summed E-state index contributed by atoms with van der Waals surface area (Å²) >= 11 is 0. The zero-order valence-electron chi connectivity index (χ0n) is 27.7. The molecule has 0 aliphatic rings. The summed E-state index contributed by atoms with van der Waals surface area (Å²) < 4.78 is 0. The van der Waals surface area contributed by atoms with Gasteiger partial charge in [0, 0.05) is 0 Å². The van der Waals surface area contributed by atoms with Crippen molar-refractivity contribution in [3.05, 3.63) is 234 Å². The third-order valence-corrected chi connectivity index (χ3v) is 8.92. The molecule has 48 heavy (non-hydrogen) atoms. The van der Waals surface area contributed by atoms with Crippen LogP contribution in [-0.2, 0) is 0 Å². The minimum absolute atomic E-state index is 0.967. The molecule has 0 fully saturated rings. The number of hydrogen-bond donors (Lipinski definition) is 0. The third-order valence-electron chi connectivity index (χ3n) is 8.92. The third kappa shape index (κ3) is 6.89. The van der Waals surface area contributed by atoms with E-state index in [-0.39, 0.29) is 0 Å². The van der Waals surface area contributed by atoms with Gasteiger partial charge in [-0.3, -0.25) is 0 Å². The number of hydrogen-bond acceptors (Lipinski definition) is 0. The van der Waals surface area contributed by atoms with Crippen LogP contribution in [0.15, 0.2) is 195 Å². The van der Waals surface area contributed by atoms with Crippen LogP contribution in [0.25, 0.3) is 39.0 Å². The number of benzene rings is 6. The van der Waals surface area contributed by atoms with Crippen LogP contribution >= 0.6 is 0 Å². The van der Waals surface area contributed by atoms with Gasteiger partial charge < -0.3 is 0 Å². The van der Waals surface area contributed by atoms with Crippen molar-refractivity contribution in [2.75, 3.05) is 0 Å². The highest BCUT2D eigenvalue weighted by molar-refractivity contribution is 6.21. The van der Waals surface area contributed by atoms with Gasteiger partial charge in [0.2, 0.25) is 0 Å². The van der Waals surface area contributed by atoms with Crippen LogP contribution in [0, 0.1) is 0 Å². The van der Waals surface area contributed by atoms with E-state index in [0.717, 1.165) is 39.0 Å². The zero-order valence-corrected chi connectivity index (χ0v) is 27.7. The highest BCUT2D eigenvalue weighted by Crippen LogP contribution is 2.43. The topological polar surface area (TPSA) is 0 Å². The first-order chi connectivity index (χ1) is 23.6. The fourth-order valence-corrected chi connectivity index (χ4v) is 6.43. The van der Waals surface area contributed by atoms with Crippen molar-refractivity contribution in [1.29, 1.82) is 0 Å². The predicted octanol–water partition coefficient (Wildman–Crippen LogP) is 13.1. The van der Waals surface area contributed by atoms with Crippen LogP contribution in [0.4, 0.5) is 0 Å². The van der Waals surface area contributed by atoms with Gasteiger partial charge in [-0.25, -0.2) is 0 Å². The van der Waals surface area contributed by atoms with Gasteiger partial charge >= 0.3 is 0 Å². The van der Waals surface area contributed by atoms with E-state index in [2.05, 4.69) is 191 Å². The van der Waals surface area contributed by atoms with E-state index in [4.69, 9.17) is 0 Å². The molecule has 232 valence electrons. The molecule has 0 amide bonds. The molecule has 0 unspecified atom stereocenters. The minimum Gasteiger partial charge on any atom is -0.0984 e. The van der Waals surface area contributed by atoms with E-state index in [1.165, 1.54) is 39.0 Å².